The third-order valence-corrected chi connectivity index (χ3v) is 4.61. The quantitative estimate of drug-likeness (QED) is 0.654. The Bertz CT molecular complexity index is 797. The highest BCUT2D eigenvalue weighted by Crippen LogP contribution is 2.31. The second-order valence-electron chi connectivity index (χ2n) is 7.03. The highest BCUT2D eigenvalue weighted by molar-refractivity contribution is 5.44. The number of likely N-dealkylation sites (N-methyl/N-ethyl adjacent to an activating group) is 1. The lowest BCUT2D eigenvalue weighted by atomic mass is 10.1. The molecule has 0 aliphatic carbocycles. The number of benzene rings is 2. The Morgan fingerprint density at radius 1 is 0.966 bits per heavy atom. The van der Waals surface area contributed by atoms with E-state index in [1.165, 1.54) is 0 Å². The predicted octanol–water partition coefficient (Wildman–Crippen LogP) is 2.48. The van der Waals surface area contributed by atoms with E-state index >= 15 is 0 Å². The predicted molar refractivity (Wildman–Crippen MR) is 109 cm³/mol. The molecule has 1 atom stereocenters. The van der Waals surface area contributed by atoms with E-state index in [0.717, 1.165) is 22.6 Å². The summed E-state index contributed by atoms with van der Waals surface area (Å²) in [6.45, 7) is 3.00. The highest BCUT2D eigenvalue weighted by atomic mass is 16.6. The van der Waals surface area contributed by atoms with E-state index < -0.39 is 6.10 Å². The van der Waals surface area contributed by atoms with Crippen molar-refractivity contribution >= 4 is 0 Å². The Labute approximate surface area is 171 Å². The van der Waals surface area contributed by atoms with Crippen molar-refractivity contribution in [1.82, 2.24) is 4.90 Å². The number of fused-ring (bicyclic) bond motifs is 1. The van der Waals surface area contributed by atoms with Gasteiger partial charge in [0, 0.05) is 13.1 Å². The fraction of sp³-hybridized carbons (Fsp3) is 0.455. The van der Waals surface area contributed by atoms with Crippen molar-refractivity contribution in [2.24, 2.45) is 0 Å². The summed E-state index contributed by atoms with van der Waals surface area (Å²) in [5.41, 5.74) is 2.06. The molecule has 0 bridgehead atoms. The molecule has 1 heterocycles. The summed E-state index contributed by atoms with van der Waals surface area (Å²) < 4.78 is 27.4. The molecule has 29 heavy (non-hydrogen) atoms. The summed E-state index contributed by atoms with van der Waals surface area (Å²) in [7, 11) is 5.17. The van der Waals surface area contributed by atoms with Crippen LogP contribution in [-0.4, -0.2) is 63.7 Å². The lowest BCUT2D eigenvalue weighted by Gasteiger charge is -2.22. The number of aliphatic hydroxyl groups excluding tert-OH is 1. The first kappa shape index (κ1) is 21.2. The van der Waals surface area contributed by atoms with Crippen molar-refractivity contribution in [3.63, 3.8) is 0 Å². The third-order valence-electron chi connectivity index (χ3n) is 4.61. The van der Waals surface area contributed by atoms with Gasteiger partial charge in [-0.25, -0.2) is 0 Å². The third kappa shape index (κ3) is 6.00. The lowest BCUT2D eigenvalue weighted by Crippen LogP contribution is -2.31. The van der Waals surface area contributed by atoms with Crippen LogP contribution in [-0.2, 0) is 17.9 Å². The smallest absolute Gasteiger partial charge is 0.161 e. The summed E-state index contributed by atoms with van der Waals surface area (Å²) in [6, 6.07) is 11.6. The maximum atomic E-state index is 10.3. The van der Waals surface area contributed by atoms with E-state index in [2.05, 4.69) is 4.90 Å². The fourth-order valence-corrected chi connectivity index (χ4v) is 3.26. The SMILES string of the molecule is COc1ccc(COC[C@@H](O)CN(C)Cc2ccc3c(c2)OCCO3)cc1OC. The van der Waals surface area contributed by atoms with Gasteiger partial charge in [-0.15, -0.1) is 0 Å². The number of hydrogen-bond acceptors (Lipinski definition) is 7. The molecule has 0 unspecified atom stereocenters. The topological polar surface area (TPSA) is 69.6 Å². The van der Waals surface area contributed by atoms with Crippen LogP contribution in [0.15, 0.2) is 36.4 Å². The second-order valence-corrected chi connectivity index (χ2v) is 7.03. The molecule has 3 rings (SSSR count). The molecule has 7 nitrogen and oxygen atoms in total. The minimum absolute atomic E-state index is 0.250. The molecule has 0 aromatic heterocycles. The van der Waals surface area contributed by atoms with Crippen LogP contribution in [0.5, 0.6) is 23.0 Å². The van der Waals surface area contributed by atoms with Gasteiger partial charge in [-0.2, -0.15) is 0 Å². The average molecular weight is 403 g/mol. The van der Waals surface area contributed by atoms with Crippen LogP contribution in [0.2, 0.25) is 0 Å². The van der Waals surface area contributed by atoms with Crippen LogP contribution >= 0.6 is 0 Å². The lowest BCUT2D eigenvalue weighted by molar-refractivity contribution is 0.0126. The van der Waals surface area contributed by atoms with Gasteiger partial charge in [0.1, 0.15) is 13.2 Å². The van der Waals surface area contributed by atoms with Crippen LogP contribution in [0.4, 0.5) is 0 Å². The van der Waals surface area contributed by atoms with E-state index in [1.54, 1.807) is 14.2 Å². The molecule has 0 spiro atoms. The first-order chi connectivity index (χ1) is 14.1. The zero-order valence-corrected chi connectivity index (χ0v) is 17.2. The molecule has 1 N–H and O–H groups in total. The van der Waals surface area contributed by atoms with Crippen molar-refractivity contribution in [2.75, 3.05) is 47.6 Å². The summed E-state index contributed by atoms with van der Waals surface area (Å²) in [6.07, 6.45) is -0.586. The van der Waals surface area contributed by atoms with Crippen LogP contribution in [0.1, 0.15) is 11.1 Å². The number of hydrogen-bond donors (Lipinski definition) is 1. The molecule has 0 fully saturated rings. The first-order valence-corrected chi connectivity index (χ1v) is 9.63. The van der Waals surface area contributed by atoms with E-state index in [1.807, 2.05) is 43.4 Å². The van der Waals surface area contributed by atoms with Gasteiger partial charge in [-0.3, -0.25) is 4.90 Å². The van der Waals surface area contributed by atoms with Gasteiger partial charge in [-0.05, 0) is 42.4 Å². The van der Waals surface area contributed by atoms with Gasteiger partial charge >= 0.3 is 0 Å². The van der Waals surface area contributed by atoms with Crippen LogP contribution < -0.4 is 18.9 Å². The number of ether oxygens (including phenoxy) is 5. The normalized spacial score (nSPS) is 14.0. The van der Waals surface area contributed by atoms with Crippen LogP contribution in [0.25, 0.3) is 0 Å². The van der Waals surface area contributed by atoms with E-state index in [9.17, 15) is 5.11 Å². The van der Waals surface area contributed by atoms with Gasteiger partial charge in [0.25, 0.3) is 0 Å². The molecule has 2 aromatic carbocycles. The number of rotatable bonds is 10. The van der Waals surface area contributed by atoms with Gasteiger partial charge in [0.2, 0.25) is 0 Å². The Balaban J connectivity index is 1.42. The van der Waals surface area contributed by atoms with Crippen LogP contribution in [0, 0.1) is 0 Å². The maximum absolute atomic E-state index is 10.3. The van der Waals surface area contributed by atoms with E-state index in [0.29, 0.717) is 44.4 Å². The number of methoxy groups -OCH3 is 2. The van der Waals surface area contributed by atoms with Crippen molar-refractivity contribution < 1.29 is 28.8 Å². The molecule has 1 aliphatic heterocycles. The van der Waals surface area contributed by atoms with Gasteiger partial charge in [0.05, 0.1) is 33.5 Å². The monoisotopic (exact) mass is 403 g/mol. The summed E-state index contributed by atoms with van der Waals surface area (Å²) in [5, 5.41) is 10.3. The average Bonchev–Trinajstić information content (AvgIpc) is 2.73. The molecule has 0 saturated heterocycles. The Morgan fingerprint density at radius 2 is 1.69 bits per heavy atom. The van der Waals surface area contributed by atoms with E-state index in [-0.39, 0.29) is 6.61 Å². The van der Waals surface area contributed by atoms with Crippen molar-refractivity contribution in [2.45, 2.75) is 19.3 Å². The number of aliphatic hydroxyl groups is 1. The minimum Gasteiger partial charge on any atom is -0.493 e. The zero-order chi connectivity index (χ0) is 20.6. The Kier molecular flexibility index (Phi) is 7.57. The molecular formula is C22H29NO6. The summed E-state index contributed by atoms with van der Waals surface area (Å²) in [4.78, 5) is 2.05. The molecule has 0 saturated carbocycles. The second kappa shape index (κ2) is 10.3. The molecule has 0 radical (unpaired) electrons. The summed E-state index contributed by atoms with van der Waals surface area (Å²) in [5.74, 6) is 2.90. The minimum atomic E-state index is -0.586. The molecule has 7 heteroatoms. The molecule has 0 amide bonds. The van der Waals surface area contributed by atoms with E-state index in [4.69, 9.17) is 23.7 Å². The summed E-state index contributed by atoms with van der Waals surface area (Å²) >= 11 is 0. The van der Waals surface area contributed by atoms with Crippen molar-refractivity contribution in [3.05, 3.63) is 47.5 Å². The fourth-order valence-electron chi connectivity index (χ4n) is 3.26. The maximum Gasteiger partial charge on any atom is 0.161 e. The van der Waals surface area contributed by atoms with Crippen molar-refractivity contribution in [1.29, 1.82) is 0 Å². The van der Waals surface area contributed by atoms with Crippen molar-refractivity contribution in [3.8, 4) is 23.0 Å². The van der Waals surface area contributed by atoms with Gasteiger partial charge in [-0.1, -0.05) is 12.1 Å². The molecule has 2 aromatic rings. The first-order valence-electron chi connectivity index (χ1n) is 9.63. The van der Waals surface area contributed by atoms with Gasteiger partial charge < -0.3 is 28.8 Å². The highest BCUT2D eigenvalue weighted by Gasteiger charge is 2.14. The molecule has 158 valence electrons. The van der Waals surface area contributed by atoms with Gasteiger partial charge in [0.15, 0.2) is 23.0 Å². The Hall–Kier alpha value is -2.48. The largest absolute Gasteiger partial charge is 0.493 e. The zero-order valence-electron chi connectivity index (χ0n) is 17.2. The Morgan fingerprint density at radius 3 is 2.45 bits per heavy atom. The molecule has 1 aliphatic rings. The van der Waals surface area contributed by atoms with Crippen LogP contribution in [0.3, 0.4) is 0 Å². The molecular weight excluding hydrogens is 374 g/mol. The standard InChI is InChI=1S/C22H29NO6/c1-23(12-16-4-7-20-22(10-16)29-9-8-28-20)13-18(24)15-27-14-17-5-6-19(25-2)21(11-17)26-3/h4-7,10-11,18,24H,8-9,12-15H2,1-3H3/t18-/m0/s1. The number of nitrogens with zero attached hydrogens (tertiary/aromatic N) is 1.